The number of carbonyl (C=O) groups is 2. The van der Waals surface area contributed by atoms with Gasteiger partial charge in [-0.25, -0.2) is 0 Å². The van der Waals surface area contributed by atoms with E-state index >= 15 is 0 Å². The van der Waals surface area contributed by atoms with Gasteiger partial charge in [-0.1, -0.05) is 62.7 Å². The van der Waals surface area contributed by atoms with Crippen LogP contribution in [-0.2, 0) is 4.79 Å². The first-order chi connectivity index (χ1) is 14.8. The van der Waals surface area contributed by atoms with Crippen LogP contribution in [0, 0.1) is 18.8 Å². The third kappa shape index (κ3) is 4.42. The molecule has 2 aromatic carbocycles. The van der Waals surface area contributed by atoms with Crippen molar-refractivity contribution in [2.75, 3.05) is 11.9 Å². The molecule has 2 aliphatic rings. The van der Waals surface area contributed by atoms with Crippen LogP contribution in [0.2, 0.25) is 0 Å². The summed E-state index contributed by atoms with van der Waals surface area (Å²) in [6.45, 7) is 6.54. The second kappa shape index (κ2) is 8.91. The molecule has 1 N–H and O–H groups in total. The Kier molecular flexibility index (Phi) is 6.24. The first-order valence-electron chi connectivity index (χ1n) is 11.0. The number of benzene rings is 2. The SMILES string of the molecule is Cc1ccccc1C=C1Sc2ccc(C(=O)NC3CCCC(C)C3C)cc2N(C)C1=O. The van der Waals surface area contributed by atoms with Crippen molar-refractivity contribution in [2.24, 2.45) is 11.8 Å². The molecular weight excluding hydrogens is 404 g/mol. The quantitative estimate of drug-likeness (QED) is 0.634. The number of likely N-dealkylation sites (N-methyl/N-ethyl adjacent to an activating group) is 1. The average Bonchev–Trinajstić information content (AvgIpc) is 2.76. The molecule has 0 spiro atoms. The van der Waals surface area contributed by atoms with Crippen molar-refractivity contribution in [3.05, 3.63) is 64.1 Å². The van der Waals surface area contributed by atoms with E-state index in [1.54, 1.807) is 11.9 Å². The van der Waals surface area contributed by atoms with Crippen LogP contribution in [0.5, 0.6) is 0 Å². The van der Waals surface area contributed by atoms with Crippen molar-refractivity contribution < 1.29 is 9.59 Å². The van der Waals surface area contributed by atoms with Gasteiger partial charge in [-0.15, -0.1) is 0 Å². The minimum atomic E-state index is -0.0548. The predicted octanol–water partition coefficient (Wildman–Crippen LogP) is 5.66. The third-order valence-corrected chi connectivity index (χ3v) is 7.89. The fraction of sp³-hybridized carbons (Fsp3) is 0.385. The summed E-state index contributed by atoms with van der Waals surface area (Å²) in [4.78, 5) is 29.3. The number of carbonyl (C=O) groups excluding carboxylic acids is 2. The van der Waals surface area contributed by atoms with Crippen molar-refractivity contribution >= 4 is 35.3 Å². The molecule has 31 heavy (non-hydrogen) atoms. The second-order valence-electron chi connectivity index (χ2n) is 8.86. The highest BCUT2D eigenvalue weighted by atomic mass is 32.2. The number of anilines is 1. The largest absolute Gasteiger partial charge is 0.349 e. The number of fused-ring (bicyclic) bond motifs is 1. The molecule has 1 fully saturated rings. The summed E-state index contributed by atoms with van der Waals surface area (Å²) in [6.07, 6.45) is 5.37. The van der Waals surface area contributed by atoms with Crippen LogP contribution in [0.1, 0.15) is 54.6 Å². The molecule has 5 heteroatoms. The van der Waals surface area contributed by atoms with Gasteiger partial charge >= 0.3 is 0 Å². The van der Waals surface area contributed by atoms with E-state index in [1.165, 1.54) is 18.2 Å². The van der Waals surface area contributed by atoms with Crippen LogP contribution < -0.4 is 10.2 Å². The molecule has 3 atom stereocenters. The monoisotopic (exact) mass is 434 g/mol. The molecule has 0 radical (unpaired) electrons. The van der Waals surface area contributed by atoms with Gasteiger partial charge in [-0.05, 0) is 60.6 Å². The molecule has 162 valence electrons. The van der Waals surface area contributed by atoms with Gasteiger partial charge in [-0.2, -0.15) is 0 Å². The molecule has 4 nitrogen and oxygen atoms in total. The topological polar surface area (TPSA) is 49.4 Å². The third-order valence-electron chi connectivity index (χ3n) is 6.82. The van der Waals surface area contributed by atoms with Gasteiger partial charge in [0.2, 0.25) is 0 Å². The van der Waals surface area contributed by atoms with Crippen LogP contribution in [0.15, 0.2) is 52.3 Å². The summed E-state index contributed by atoms with van der Waals surface area (Å²) in [5.41, 5.74) is 3.57. The zero-order valence-electron chi connectivity index (χ0n) is 18.6. The molecular formula is C26H30N2O2S. The number of amides is 2. The standard InChI is InChI=1S/C26H30N2O2S/c1-16-9-7-11-21(18(16)3)27-25(29)20-12-13-23-22(14-20)28(4)26(30)24(31-23)15-19-10-6-5-8-17(19)2/h5-6,8,10,12-16,18,21H,7,9,11H2,1-4H3,(H,27,29). The maximum Gasteiger partial charge on any atom is 0.264 e. The number of hydrogen-bond acceptors (Lipinski definition) is 3. The summed E-state index contributed by atoms with van der Waals surface area (Å²) in [5, 5.41) is 3.24. The second-order valence-corrected chi connectivity index (χ2v) is 9.94. The minimum absolute atomic E-state index is 0.0481. The summed E-state index contributed by atoms with van der Waals surface area (Å²) in [7, 11) is 1.78. The Morgan fingerprint density at radius 2 is 1.94 bits per heavy atom. The molecule has 0 saturated heterocycles. The van der Waals surface area contributed by atoms with E-state index in [0.717, 1.165) is 34.6 Å². The number of aryl methyl sites for hydroxylation is 1. The average molecular weight is 435 g/mol. The van der Waals surface area contributed by atoms with E-state index < -0.39 is 0 Å². The molecule has 4 rings (SSSR count). The highest BCUT2D eigenvalue weighted by Crippen LogP contribution is 2.42. The highest BCUT2D eigenvalue weighted by Gasteiger charge is 2.30. The Hall–Kier alpha value is -2.53. The lowest BCUT2D eigenvalue weighted by atomic mass is 9.78. The summed E-state index contributed by atoms with van der Waals surface area (Å²) in [5.74, 6) is 0.999. The maximum atomic E-state index is 13.0. The molecule has 1 aliphatic heterocycles. The van der Waals surface area contributed by atoms with Gasteiger partial charge in [0.15, 0.2) is 0 Å². The summed E-state index contributed by atoms with van der Waals surface area (Å²) < 4.78 is 0. The molecule has 1 heterocycles. The van der Waals surface area contributed by atoms with Gasteiger partial charge in [0.1, 0.15) is 0 Å². The van der Waals surface area contributed by atoms with E-state index in [-0.39, 0.29) is 17.9 Å². The number of nitrogens with zero attached hydrogens (tertiary/aromatic N) is 1. The zero-order valence-corrected chi connectivity index (χ0v) is 19.5. The molecule has 0 bridgehead atoms. The predicted molar refractivity (Wildman–Crippen MR) is 128 cm³/mol. The van der Waals surface area contributed by atoms with Gasteiger partial charge in [0.25, 0.3) is 11.8 Å². The van der Waals surface area contributed by atoms with Crippen molar-refractivity contribution in [3.8, 4) is 0 Å². The number of rotatable bonds is 3. The van der Waals surface area contributed by atoms with Crippen LogP contribution in [0.25, 0.3) is 6.08 Å². The van der Waals surface area contributed by atoms with Crippen molar-refractivity contribution in [3.63, 3.8) is 0 Å². The normalized spacial score (nSPS) is 24.8. The molecule has 0 aromatic heterocycles. The lowest BCUT2D eigenvalue weighted by molar-refractivity contribution is -0.114. The first kappa shape index (κ1) is 21.7. The number of hydrogen-bond donors (Lipinski definition) is 1. The van der Waals surface area contributed by atoms with Crippen molar-refractivity contribution in [1.29, 1.82) is 0 Å². The van der Waals surface area contributed by atoms with Gasteiger partial charge in [0, 0.05) is 23.5 Å². The van der Waals surface area contributed by atoms with Crippen molar-refractivity contribution in [2.45, 2.75) is 51.0 Å². The number of thioether (sulfide) groups is 1. The Morgan fingerprint density at radius 3 is 2.71 bits per heavy atom. The van der Waals surface area contributed by atoms with E-state index in [1.807, 2.05) is 55.5 Å². The smallest absolute Gasteiger partial charge is 0.264 e. The Balaban J connectivity index is 1.56. The highest BCUT2D eigenvalue weighted by molar-refractivity contribution is 8.04. The lowest BCUT2D eigenvalue weighted by Crippen LogP contribution is -2.43. The fourth-order valence-electron chi connectivity index (χ4n) is 4.46. The number of nitrogens with one attached hydrogen (secondary N) is 1. The van der Waals surface area contributed by atoms with Crippen molar-refractivity contribution in [1.82, 2.24) is 5.32 Å². The van der Waals surface area contributed by atoms with Gasteiger partial charge in [-0.3, -0.25) is 9.59 Å². The van der Waals surface area contributed by atoms with Gasteiger partial charge < -0.3 is 10.2 Å². The van der Waals surface area contributed by atoms with Crippen LogP contribution in [0.3, 0.4) is 0 Å². The van der Waals surface area contributed by atoms with E-state index in [0.29, 0.717) is 22.3 Å². The van der Waals surface area contributed by atoms with Gasteiger partial charge in [0.05, 0.1) is 10.6 Å². The molecule has 2 aromatic rings. The Labute approximate surface area is 189 Å². The minimum Gasteiger partial charge on any atom is -0.349 e. The summed E-state index contributed by atoms with van der Waals surface area (Å²) in [6, 6.07) is 13.9. The molecule has 3 unspecified atom stereocenters. The Bertz CT molecular complexity index is 1050. The summed E-state index contributed by atoms with van der Waals surface area (Å²) >= 11 is 1.47. The first-order valence-corrected chi connectivity index (χ1v) is 11.8. The van der Waals surface area contributed by atoms with Crippen LogP contribution >= 0.6 is 11.8 Å². The molecule has 1 aliphatic carbocycles. The van der Waals surface area contributed by atoms with Crippen LogP contribution in [-0.4, -0.2) is 24.9 Å². The Morgan fingerprint density at radius 1 is 1.16 bits per heavy atom. The lowest BCUT2D eigenvalue weighted by Gasteiger charge is -2.34. The fourth-order valence-corrected chi connectivity index (χ4v) is 5.55. The van der Waals surface area contributed by atoms with Crippen LogP contribution in [0.4, 0.5) is 5.69 Å². The van der Waals surface area contributed by atoms with E-state index in [9.17, 15) is 9.59 Å². The molecule has 2 amide bonds. The van der Waals surface area contributed by atoms with E-state index in [2.05, 4.69) is 19.2 Å². The zero-order chi connectivity index (χ0) is 22.1. The van der Waals surface area contributed by atoms with E-state index in [4.69, 9.17) is 0 Å². The molecule has 1 saturated carbocycles. The maximum absolute atomic E-state index is 13.0.